The maximum Gasteiger partial charge on any atom is 0.341 e. The van der Waals surface area contributed by atoms with Gasteiger partial charge in [-0.25, -0.2) is 14.8 Å². The molecule has 2 rings (SSSR count). The normalized spacial score (nSPS) is 10.4. The molecule has 0 radical (unpaired) electrons. The van der Waals surface area contributed by atoms with Crippen molar-refractivity contribution in [1.82, 2.24) is 15.0 Å². The van der Waals surface area contributed by atoms with Crippen LogP contribution in [0.15, 0.2) is 18.3 Å². The number of nitrogens with two attached hydrogens (primary N) is 1. The number of rotatable bonds is 3. The Kier molecular flexibility index (Phi) is 3.41. The second-order valence-electron chi connectivity index (χ2n) is 4.06. The molecule has 0 unspecified atom stereocenters. The van der Waals surface area contributed by atoms with Crippen LogP contribution in [0.3, 0.4) is 0 Å². The molecule has 0 saturated carbocycles. The first kappa shape index (κ1) is 12.9. The van der Waals surface area contributed by atoms with Crippen molar-refractivity contribution >= 4 is 11.8 Å². The Hall–Kier alpha value is -2.50. The molecule has 6 heteroatoms. The number of carbonyl (C=O) groups is 1. The largest absolute Gasteiger partial charge is 0.477 e. The Labute approximate surface area is 110 Å². The number of aryl methyl sites for hydroxylation is 2. The van der Waals surface area contributed by atoms with E-state index in [2.05, 4.69) is 15.0 Å². The van der Waals surface area contributed by atoms with E-state index in [1.807, 2.05) is 19.1 Å². The Morgan fingerprint density at radius 1 is 1.42 bits per heavy atom. The number of anilines is 1. The molecule has 98 valence electrons. The Morgan fingerprint density at radius 2 is 2.16 bits per heavy atom. The third-order valence-electron chi connectivity index (χ3n) is 2.82. The van der Waals surface area contributed by atoms with Crippen LogP contribution in [0.5, 0.6) is 0 Å². The maximum atomic E-state index is 11.0. The number of aromatic nitrogens is 3. The number of nitrogens with zero attached hydrogens (tertiary/aromatic N) is 3. The molecule has 0 aromatic carbocycles. The average molecular weight is 258 g/mol. The van der Waals surface area contributed by atoms with Crippen molar-refractivity contribution in [2.24, 2.45) is 0 Å². The lowest BCUT2D eigenvalue weighted by molar-refractivity contribution is 0.0696. The van der Waals surface area contributed by atoms with Crippen LogP contribution in [0.1, 0.15) is 28.5 Å². The summed E-state index contributed by atoms with van der Waals surface area (Å²) in [5, 5.41) is 9.03. The SMILES string of the molecule is CCc1cccnc1-c1nc(C)c(C(=O)O)c(N)n1. The van der Waals surface area contributed by atoms with Gasteiger partial charge in [0.2, 0.25) is 0 Å². The van der Waals surface area contributed by atoms with Crippen molar-refractivity contribution in [2.75, 3.05) is 5.73 Å². The summed E-state index contributed by atoms with van der Waals surface area (Å²) in [5.74, 6) is -0.807. The van der Waals surface area contributed by atoms with Crippen LogP contribution in [0.2, 0.25) is 0 Å². The highest BCUT2D eigenvalue weighted by Gasteiger charge is 2.17. The fourth-order valence-electron chi connectivity index (χ4n) is 1.89. The van der Waals surface area contributed by atoms with Gasteiger partial charge in [-0.2, -0.15) is 0 Å². The molecule has 0 saturated heterocycles. The lowest BCUT2D eigenvalue weighted by Gasteiger charge is -2.09. The predicted octanol–water partition coefficient (Wildman–Crippen LogP) is 1.69. The van der Waals surface area contributed by atoms with Crippen molar-refractivity contribution in [3.8, 4) is 11.5 Å². The summed E-state index contributed by atoms with van der Waals surface area (Å²) in [5.41, 5.74) is 7.60. The van der Waals surface area contributed by atoms with Crippen molar-refractivity contribution in [3.05, 3.63) is 35.2 Å². The Morgan fingerprint density at radius 3 is 2.74 bits per heavy atom. The van der Waals surface area contributed by atoms with Gasteiger partial charge in [0, 0.05) is 6.20 Å². The second kappa shape index (κ2) is 5.01. The zero-order valence-electron chi connectivity index (χ0n) is 10.7. The molecule has 0 bridgehead atoms. The molecular weight excluding hydrogens is 244 g/mol. The molecule has 2 aromatic rings. The van der Waals surface area contributed by atoms with Crippen LogP contribution in [0.4, 0.5) is 5.82 Å². The molecule has 0 fully saturated rings. The summed E-state index contributed by atoms with van der Waals surface area (Å²) >= 11 is 0. The van der Waals surface area contributed by atoms with Gasteiger partial charge < -0.3 is 10.8 Å². The van der Waals surface area contributed by atoms with Crippen LogP contribution in [0, 0.1) is 6.92 Å². The van der Waals surface area contributed by atoms with Crippen molar-refractivity contribution < 1.29 is 9.90 Å². The van der Waals surface area contributed by atoms with Gasteiger partial charge in [0.05, 0.1) is 5.69 Å². The van der Waals surface area contributed by atoms with Crippen LogP contribution in [-0.2, 0) is 6.42 Å². The Balaban J connectivity index is 2.62. The molecule has 2 heterocycles. The highest BCUT2D eigenvalue weighted by Crippen LogP contribution is 2.22. The van der Waals surface area contributed by atoms with Gasteiger partial charge in [-0.05, 0) is 25.0 Å². The summed E-state index contributed by atoms with van der Waals surface area (Å²) in [4.78, 5) is 23.5. The number of aromatic carboxylic acids is 1. The summed E-state index contributed by atoms with van der Waals surface area (Å²) in [6, 6.07) is 3.77. The molecule has 0 atom stereocenters. The van der Waals surface area contributed by atoms with Crippen LogP contribution in [0.25, 0.3) is 11.5 Å². The minimum absolute atomic E-state index is 0.0392. The number of carboxylic acid groups (broad SMARTS) is 1. The Bertz CT molecular complexity index is 617. The van der Waals surface area contributed by atoms with Crippen molar-refractivity contribution in [1.29, 1.82) is 0 Å². The molecule has 2 aromatic heterocycles. The highest BCUT2D eigenvalue weighted by molar-refractivity contribution is 5.94. The monoisotopic (exact) mass is 258 g/mol. The zero-order chi connectivity index (χ0) is 14.0. The molecular formula is C13H14N4O2. The molecule has 0 spiro atoms. The van der Waals surface area contributed by atoms with E-state index in [-0.39, 0.29) is 11.4 Å². The van der Waals surface area contributed by atoms with Gasteiger partial charge in [-0.15, -0.1) is 0 Å². The van der Waals surface area contributed by atoms with Crippen molar-refractivity contribution in [3.63, 3.8) is 0 Å². The quantitative estimate of drug-likeness (QED) is 0.868. The molecule has 0 aliphatic heterocycles. The van der Waals surface area contributed by atoms with E-state index in [4.69, 9.17) is 10.8 Å². The van der Waals surface area contributed by atoms with Crippen LogP contribution >= 0.6 is 0 Å². The molecule has 19 heavy (non-hydrogen) atoms. The van der Waals surface area contributed by atoms with E-state index in [9.17, 15) is 4.79 Å². The van der Waals surface area contributed by atoms with E-state index < -0.39 is 5.97 Å². The minimum atomic E-state index is -1.13. The second-order valence-corrected chi connectivity index (χ2v) is 4.06. The molecule has 0 amide bonds. The van der Waals surface area contributed by atoms with E-state index >= 15 is 0 Å². The average Bonchev–Trinajstić information content (AvgIpc) is 2.37. The third kappa shape index (κ3) is 2.37. The van der Waals surface area contributed by atoms with Gasteiger partial charge >= 0.3 is 5.97 Å². The lowest BCUT2D eigenvalue weighted by atomic mass is 10.1. The summed E-state index contributed by atoms with van der Waals surface area (Å²) in [6.45, 7) is 3.60. The molecule has 6 nitrogen and oxygen atoms in total. The van der Waals surface area contributed by atoms with Gasteiger partial charge in [0.15, 0.2) is 5.82 Å². The first-order valence-electron chi connectivity index (χ1n) is 5.86. The van der Waals surface area contributed by atoms with Gasteiger partial charge in [-0.3, -0.25) is 4.98 Å². The van der Waals surface area contributed by atoms with Gasteiger partial charge in [0.1, 0.15) is 17.1 Å². The standard InChI is InChI=1S/C13H14N4O2/c1-3-8-5-4-6-15-10(8)12-16-7(2)9(13(18)19)11(14)17-12/h4-6H,3H2,1-2H3,(H,18,19)(H2,14,16,17). The van der Waals surface area contributed by atoms with Crippen LogP contribution < -0.4 is 5.73 Å². The number of carboxylic acids is 1. The fourth-order valence-corrected chi connectivity index (χ4v) is 1.89. The maximum absolute atomic E-state index is 11.0. The highest BCUT2D eigenvalue weighted by atomic mass is 16.4. The van der Waals surface area contributed by atoms with E-state index in [0.717, 1.165) is 12.0 Å². The topological polar surface area (TPSA) is 102 Å². The summed E-state index contributed by atoms with van der Waals surface area (Å²) in [6.07, 6.45) is 2.43. The minimum Gasteiger partial charge on any atom is -0.477 e. The summed E-state index contributed by atoms with van der Waals surface area (Å²) < 4.78 is 0. The number of pyridine rings is 1. The number of hydrogen-bond acceptors (Lipinski definition) is 5. The first-order valence-corrected chi connectivity index (χ1v) is 5.86. The third-order valence-corrected chi connectivity index (χ3v) is 2.82. The summed E-state index contributed by atoms with van der Waals surface area (Å²) in [7, 11) is 0. The number of nitrogen functional groups attached to an aromatic ring is 1. The molecule has 0 aliphatic rings. The molecule has 3 N–H and O–H groups in total. The predicted molar refractivity (Wildman–Crippen MR) is 70.7 cm³/mol. The number of hydrogen-bond donors (Lipinski definition) is 2. The van der Waals surface area contributed by atoms with E-state index in [1.165, 1.54) is 0 Å². The fraction of sp³-hybridized carbons (Fsp3) is 0.231. The first-order chi connectivity index (χ1) is 9.04. The smallest absolute Gasteiger partial charge is 0.341 e. The van der Waals surface area contributed by atoms with E-state index in [1.54, 1.807) is 13.1 Å². The zero-order valence-corrected chi connectivity index (χ0v) is 10.7. The van der Waals surface area contributed by atoms with E-state index in [0.29, 0.717) is 17.2 Å². The molecule has 0 aliphatic carbocycles. The lowest BCUT2D eigenvalue weighted by Crippen LogP contribution is -2.11. The van der Waals surface area contributed by atoms with Gasteiger partial charge in [-0.1, -0.05) is 13.0 Å². The van der Waals surface area contributed by atoms with Gasteiger partial charge in [0.25, 0.3) is 0 Å². The van der Waals surface area contributed by atoms with Crippen molar-refractivity contribution in [2.45, 2.75) is 20.3 Å². The van der Waals surface area contributed by atoms with Crippen LogP contribution in [-0.4, -0.2) is 26.0 Å².